The van der Waals surface area contributed by atoms with Gasteiger partial charge in [-0.05, 0) is 42.0 Å². The van der Waals surface area contributed by atoms with Crippen molar-refractivity contribution in [3.8, 4) is 11.1 Å². The maximum atomic E-state index is 2.28. The Morgan fingerprint density at radius 1 is 0.571 bits per heavy atom. The van der Waals surface area contributed by atoms with Crippen LogP contribution in [0, 0.1) is 6.92 Å². The summed E-state index contributed by atoms with van der Waals surface area (Å²) in [5.41, 5.74) is 6.72. The molecule has 0 spiro atoms. The highest BCUT2D eigenvalue weighted by atomic mass is 14.0. The minimum Gasteiger partial charge on any atom is -0.0622 e. The number of hydrogen-bond acceptors (Lipinski definition) is 0. The van der Waals surface area contributed by atoms with E-state index in [9.17, 15) is 0 Å². The van der Waals surface area contributed by atoms with Crippen LogP contribution in [-0.2, 0) is 12.8 Å². The first-order valence-corrected chi connectivity index (χ1v) is 7.51. The molecule has 104 valence electrons. The Morgan fingerprint density at radius 3 is 1.95 bits per heavy atom. The van der Waals surface area contributed by atoms with Gasteiger partial charge in [0.15, 0.2) is 0 Å². The molecule has 0 aromatic heterocycles. The van der Waals surface area contributed by atoms with Crippen LogP contribution in [0.15, 0.2) is 78.9 Å². The van der Waals surface area contributed by atoms with Crippen LogP contribution < -0.4 is 0 Å². The second-order valence-corrected chi connectivity index (χ2v) is 5.55. The summed E-state index contributed by atoms with van der Waals surface area (Å²) in [7, 11) is 0. The predicted octanol–water partition coefficient (Wildman–Crippen LogP) is 5.45. The standard InChI is InChI=1S/C21H20/c1-17-6-5-7-19(16-17)11-10-18-12-14-21(15-13-18)20-8-3-2-4-9-20/h2-9,12-16H,10-11H2,1H3. The molecular formula is C21H20. The van der Waals surface area contributed by atoms with Crippen molar-refractivity contribution in [2.45, 2.75) is 19.8 Å². The van der Waals surface area contributed by atoms with Gasteiger partial charge < -0.3 is 0 Å². The second-order valence-electron chi connectivity index (χ2n) is 5.55. The molecule has 0 aliphatic heterocycles. The van der Waals surface area contributed by atoms with E-state index in [0.717, 1.165) is 12.8 Å². The quantitative estimate of drug-likeness (QED) is 0.592. The van der Waals surface area contributed by atoms with Crippen molar-refractivity contribution in [1.82, 2.24) is 0 Å². The zero-order valence-electron chi connectivity index (χ0n) is 12.4. The molecule has 3 aromatic rings. The third-order valence-electron chi connectivity index (χ3n) is 3.85. The molecule has 0 bridgehead atoms. The topological polar surface area (TPSA) is 0 Å². The molecule has 0 amide bonds. The maximum absolute atomic E-state index is 2.28. The van der Waals surface area contributed by atoms with Gasteiger partial charge in [-0.15, -0.1) is 0 Å². The Labute approximate surface area is 127 Å². The summed E-state index contributed by atoms with van der Waals surface area (Å²) in [6.45, 7) is 2.15. The van der Waals surface area contributed by atoms with Crippen LogP contribution >= 0.6 is 0 Å². The van der Waals surface area contributed by atoms with E-state index in [1.807, 2.05) is 0 Å². The van der Waals surface area contributed by atoms with Crippen molar-refractivity contribution < 1.29 is 0 Å². The first-order chi connectivity index (χ1) is 10.3. The summed E-state index contributed by atoms with van der Waals surface area (Å²) < 4.78 is 0. The molecule has 0 radical (unpaired) electrons. The molecule has 3 rings (SSSR count). The van der Waals surface area contributed by atoms with E-state index < -0.39 is 0 Å². The van der Waals surface area contributed by atoms with Gasteiger partial charge in [-0.2, -0.15) is 0 Å². The summed E-state index contributed by atoms with van der Waals surface area (Å²) in [6, 6.07) is 28.3. The average molecular weight is 272 g/mol. The van der Waals surface area contributed by atoms with E-state index in [1.54, 1.807) is 0 Å². The molecule has 21 heavy (non-hydrogen) atoms. The third kappa shape index (κ3) is 3.61. The number of rotatable bonds is 4. The molecule has 0 unspecified atom stereocenters. The van der Waals surface area contributed by atoms with Gasteiger partial charge in [0.2, 0.25) is 0 Å². The maximum Gasteiger partial charge on any atom is -0.0184 e. The van der Waals surface area contributed by atoms with E-state index in [0.29, 0.717) is 0 Å². The lowest BCUT2D eigenvalue weighted by molar-refractivity contribution is 0.958. The van der Waals surface area contributed by atoms with Crippen LogP contribution in [0.25, 0.3) is 11.1 Å². The lowest BCUT2D eigenvalue weighted by atomic mass is 10.00. The summed E-state index contributed by atoms with van der Waals surface area (Å²) in [5.74, 6) is 0. The van der Waals surface area contributed by atoms with Crippen LogP contribution in [0.4, 0.5) is 0 Å². The molecule has 0 N–H and O–H groups in total. The molecule has 0 atom stereocenters. The first kappa shape index (κ1) is 13.6. The fraction of sp³-hybridized carbons (Fsp3) is 0.143. The average Bonchev–Trinajstić information content (AvgIpc) is 2.54. The van der Waals surface area contributed by atoms with E-state index in [1.165, 1.54) is 27.8 Å². The Kier molecular flexibility index (Phi) is 4.16. The number of aryl methyl sites for hydroxylation is 3. The Hall–Kier alpha value is -2.34. The monoisotopic (exact) mass is 272 g/mol. The van der Waals surface area contributed by atoms with Gasteiger partial charge in [-0.1, -0.05) is 84.4 Å². The fourth-order valence-electron chi connectivity index (χ4n) is 2.65. The third-order valence-corrected chi connectivity index (χ3v) is 3.85. The van der Waals surface area contributed by atoms with E-state index in [4.69, 9.17) is 0 Å². The van der Waals surface area contributed by atoms with E-state index >= 15 is 0 Å². The van der Waals surface area contributed by atoms with Gasteiger partial charge in [0.05, 0.1) is 0 Å². The zero-order valence-corrected chi connectivity index (χ0v) is 12.4. The molecule has 0 saturated carbocycles. The zero-order chi connectivity index (χ0) is 14.5. The highest BCUT2D eigenvalue weighted by Gasteiger charge is 1.99. The van der Waals surface area contributed by atoms with Crippen LogP contribution in [0.3, 0.4) is 0 Å². The van der Waals surface area contributed by atoms with E-state index in [-0.39, 0.29) is 0 Å². The van der Waals surface area contributed by atoms with Crippen molar-refractivity contribution in [3.05, 3.63) is 95.6 Å². The van der Waals surface area contributed by atoms with Crippen molar-refractivity contribution in [3.63, 3.8) is 0 Å². The number of hydrogen-bond donors (Lipinski definition) is 0. The molecule has 0 fully saturated rings. The van der Waals surface area contributed by atoms with Crippen molar-refractivity contribution in [1.29, 1.82) is 0 Å². The molecule has 3 aromatic carbocycles. The van der Waals surface area contributed by atoms with Gasteiger partial charge in [-0.25, -0.2) is 0 Å². The van der Waals surface area contributed by atoms with Gasteiger partial charge in [0.1, 0.15) is 0 Å². The van der Waals surface area contributed by atoms with Crippen LogP contribution in [0.2, 0.25) is 0 Å². The molecule has 0 aliphatic carbocycles. The van der Waals surface area contributed by atoms with Crippen molar-refractivity contribution >= 4 is 0 Å². The van der Waals surface area contributed by atoms with Gasteiger partial charge in [-0.3, -0.25) is 0 Å². The molecule has 0 heterocycles. The van der Waals surface area contributed by atoms with Gasteiger partial charge in [0, 0.05) is 0 Å². The first-order valence-electron chi connectivity index (χ1n) is 7.51. The van der Waals surface area contributed by atoms with E-state index in [2.05, 4.69) is 85.8 Å². The minimum atomic E-state index is 1.10. The van der Waals surface area contributed by atoms with Crippen molar-refractivity contribution in [2.24, 2.45) is 0 Å². The molecule has 0 heteroatoms. The van der Waals surface area contributed by atoms with Crippen molar-refractivity contribution in [2.75, 3.05) is 0 Å². The smallest absolute Gasteiger partial charge is 0.0184 e. The summed E-state index contributed by atoms with van der Waals surface area (Å²) in [6.07, 6.45) is 2.20. The Bertz CT molecular complexity index is 694. The van der Waals surface area contributed by atoms with Gasteiger partial charge >= 0.3 is 0 Å². The van der Waals surface area contributed by atoms with Crippen LogP contribution in [0.1, 0.15) is 16.7 Å². The normalized spacial score (nSPS) is 10.5. The van der Waals surface area contributed by atoms with Crippen LogP contribution in [0.5, 0.6) is 0 Å². The highest BCUT2D eigenvalue weighted by molar-refractivity contribution is 5.63. The molecule has 0 saturated heterocycles. The fourth-order valence-corrected chi connectivity index (χ4v) is 2.65. The SMILES string of the molecule is Cc1cccc(CCc2ccc(-c3ccccc3)cc2)c1. The second kappa shape index (κ2) is 6.41. The predicted molar refractivity (Wildman–Crippen MR) is 90.5 cm³/mol. The highest BCUT2D eigenvalue weighted by Crippen LogP contribution is 2.20. The Morgan fingerprint density at radius 2 is 1.24 bits per heavy atom. The van der Waals surface area contributed by atoms with Crippen LogP contribution in [-0.4, -0.2) is 0 Å². The summed E-state index contributed by atoms with van der Waals surface area (Å²) in [5, 5.41) is 0. The minimum absolute atomic E-state index is 1.10. The largest absolute Gasteiger partial charge is 0.0622 e. The lowest BCUT2D eigenvalue weighted by Crippen LogP contribution is -1.91. The molecule has 0 nitrogen and oxygen atoms in total. The number of benzene rings is 3. The van der Waals surface area contributed by atoms with Gasteiger partial charge in [0.25, 0.3) is 0 Å². The summed E-state index contributed by atoms with van der Waals surface area (Å²) >= 11 is 0. The molecule has 0 aliphatic rings. The Balaban J connectivity index is 1.68. The lowest BCUT2D eigenvalue weighted by Gasteiger charge is -2.06. The summed E-state index contributed by atoms with van der Waals surface area (Å²) in [4.78, 5) is 0. The molecular weight excluding hydrogens is 252 g/mol.